The Morgan fingerprint density at radius 1 is 1.07 bits per heavy atom. The number of aromatic nitrogens is 3. The Morgan fingerprint density at radius 2 is 1.85 bits per heavy atom. The van der Waals surface area contributed by atoms with Crippen molar-refractivity contribution in [1.82, 2.24) is 15.1 Å². The monoisotopic (exact) mass is 364 g/mol. The summed E-state index contributed by atoms with van der Waals surface area (Å²) in [5, 5.41) is 14.8. The number of aliphatic hydroxyl groups is 1. The second kappa shape index (κ2) is 7.48. The maximum Gasteiger partial charge on any atom is 0.230 e. The first-order chi connectivity index (χ1) is 13.1. The fourth-order valence-corrected chi connectivity index (χ4v) is 3.47. The van der Waals surface area contributed by atoms with Gasteiger partial charge in [-0.2, -0.15) is 4.98 Å². The maximum absolute atomic E-state index is 10.8. The van der Waals surface area contributed by atoms with E-state index in [1.54, 1.807) is 13.1 Å². The van der Waals surface area contributed by atoms with Gasteiger partial charge in [0.2, 0.25) is 11.7 Å². The topological polar surface area (TPSA) is 75.3 Å². The van der Waals surface area contributed by atoms with Crippen molar-refractivity contribution in [1.29, 1.82) is 0 Å². The molecule has 3 heterocycles. The van der Waals surface area contributed by atoms with Gasteiger partial charge in [0.25, 0.3) is 0 Å². The van der Waals surface area contributed by atoms with E-state index in [0.29, 0.717) is 11.7 Å². The Morgan fingerprint density at radius 3 is 2.56 bits per heavy atom. The van der Waals surface area contributed by atoms with Gasteiger partial charge in [-0.3, -0.25) is 0 Å². The van der Waals surface area contributed by atoms with Crippen molar-refractivity contribution in [2.24, 2.45) is 0 Å². The van der Waals surface area contributed by atoms with Crippen LogP contribution in [0.5, 0.6) is 0 Å². The lowest BCUT2D eigenvalue weighted by Crippen LogP contribution is -2.29. The number of hydrogen-bond donors (Lipinski definition) is 1. The molecule has 0 radical (unpaired) electrons. The molecule has 1 aliphatic rings. The van der Waals surface area contributed by atoms with Crippen molar-refractivity contribution in [3.8, 4) is 11.4 Å². The Balaban J connectivity index is 1.47. The first-order valence-electron chi connectivity index (χ1n) is 9.44. The van der Waals surface area contributed by atoms with E-state index >= 15 is 0 Å². The minimum Gasteiger partial charge on any atom is -0.385 e. The second-order valence-electron chi connectivity index (χ2n) is 7.28. The highest BCUT2D eigenvalue weighted by atomic mass is 16.5. The molecule has 6 nitrogen and oxygen atoms in total. The highest BCUT2D eigenvalue weighted by Gasteiger charge is 2.26. The quantitative estimate of drug-likeness (QED) is 0.746. The molecule has 2 aromatic heterocycles. The van der Waals surface area contributed by atoms with Crippen molar-refractivity contribution < 1.29 is 9.63 Å². The second-order valence-corrected chi connectivity index (χ2v) is 7.28. The van der Waals surface area contributed by atoms with Crippen LogP contribution in [0.3, 0.4) is 0 Å². The van der Waals surface area contributed by atoms with Crippen LogP contribution < -0.4 is 4.90 Å². The minimum absolute atomic E-state index is 0.253. The average molecular weight is 364 g/mol. The Labute approximate surface area is 158 Å². The third-order valence-electron chi connectivity index (χ3n) is 5.05. The van der Waals surface area contributed by atoms with Gasteiger partial charge in [0.1, 0.15) is 5.82 Å². The summed E-state index contributed by atoms with van der Waals surface area (Å²) in [6.07, 6.45) is 5.78. The first-order valence-corrected chi connectivity index (χ1v) is 9.44. The third kappa shape index (κ3) is 4.01. The number of rotatable bonds is 5. The predicted octanol–water partition coefficient (Wildman–Crippen LogP) is 3.57. The molecule has 1 fully saturated rings. The molecule has 140 valence electrons. The van der Waals surface area contributed by atoms with Gasteiger partial charge in [0.05, 0.1) is 12.0 Å². The molecule has 1 aromatic carbocycles. The molecular weight excluding hydrogens is 340 g/mol. The summed E-state index contributed by atoms with van der Waals surface area (Å²) in [6.45, 7) is 3.88. The third-order valence-corrected chi connectivity index (χ3v) is 5.05. The van der Waals surface area contributed by atoms with E-state index in [1.165, 1.54) is 19.3 Å². The standard InChI is InChI=1S/C21H24N4O2/c1-21(26,17-8-4-2-5-9-17)14-19-23-20(24-27-19)16-10-11-18(22-15-16)25-12-6-3-7-13-25/h2,4-5,8-11,15,26H,3,6-7,12-14H2,1H3/t21-/m1/s1. The van der Waals surface area contributed by atoms with Gasteiger partial charge < -0.3 is 14.5 Å². The summed E-state index contributed by atoms with van der Waals surface area (Å²) in [5.41, 5.74) is 0.559. The molecule has 0 saturated carbocycles. The number of pyridine rings is 1. The summed E-state index contributed by atoms with van der Waals surface area (Å²) in [6, 6.07) is 13.5. The zero-order chi connectivity index (χ0) is 18.7. The van der Waals surface area contributed by atoms with Crippen LogP contribution in [0.2, 0.25) is 0 Å². The molecule has 0 bridgehead atoms. The Bertz CT molecular complexity index is 869. The van der Waals surface area contributed by atoms with E-state index in [9.17, 15) is 5.11 Å². The number of nitrogens with zero attached hydrogens (tertiary/aromatic N) is 4. The SMILES string of the molecule is C[C@@](O)(Cc1nc(-c2ccc(N3CCCCC3)nc2)no1)c1ccccc1. The molecule has 3 aromatic rings. The summed E-state index contributed by atoms with van der Waals surface area (Å²) < 4.78 is 5.36. The maximum atomic E-state index is 10.8. The molecule has 4 rings (SSSR count). The zero-order valence-corrected chi connectivity index (χ0v) is 15.5. The number of anilines is 1. The minimum atomic E-state index is -1.07. The van der Waals surface area contributed by atoms with Gasteiger partial charge >= 0.3 is 0 Å². The fraction of sp³-hybridized carbons (Fsp3) is 0.381. The lowest BCUT2D eigenvalue weighted by Gasteiger charge is -2.27. The first kappa shape index (κ1) is 17.7. The van der Waals surface area contributed by atoms with Gasteiger partial charge in [0.15, 0.2) is 0 Å². The van der Waals surface area contributed by atoms with Crippen LogP contribution in [0.15, 0.2) is 53.2 Å². The van der Waals surface area contributed by atoms with Crippen LogP contribution in [0.4, 0.5) is 5.82 Å². The van der Waals surface area contributed by atoms with Crippen LogP contribution >= 0.6 is 0 Å². The molecule has 1 aliphatic heterocycles. The molecule has 0 amide bonds. The summed E-state index contributed by atoms with van der Waals surface area (Å²) in [4.78, 5) is 11.3. The van der Waals surface area contributed by atoms with E-state index in [0.717, 1.165) is 30.0 Å². The van der Waals surface area contributed by atoms with E-state index in [1.807, 2.05) is 42.5 Å². The molecule has 0 spiro atoms. The summed E-state index contributed by atoms with van der Waals surface area (Å²) in [7, 11) is 0. The van der Waals surface area contributed by atoms with Gasteiger partial charge in [-0.15, -0.1) is 0 Å². The van der Waals surface area contributed by atoms with E-state index < -0.39 is 5.60 Å². The predicted molar refractivity (Wildman–Crippen MR) is 103 cm³/mol. The van der Waals surface area contributed by atoms with Gasteiger partial charge in [-0.25, -0.2) is 4.98 Å². The Hall–Kier alpha value is -2.73. The lowest BCUT2D eigenvalue weighted by molar-refractivity contribution is 0.0490. The van der Waals surface area contributed by atoms with Crippen molar-refractivity contribution in [2.75, 3.05) is 18.0 Å². The van der Waals surface area contributed by atoms with Crippen LogP contribution in [0.25, 0.3) is 11.4 Å². The molecule has 6 heteroatoms. The smallest absolute Gasteiger partial charge is 0.230 e. The van der Waals surface area contributed by atoms with Crippen molar-refractivity contribution in [3.63, 3.8) is 0 Å². The normalized spacial score (nSPS) is 16.9. The highest BCUT2D eigenvalue weighted by Crippen LogP contribution is 2.26. The molecule has 27 heavy (non-hydrogen) atoms. The van der Waals surface area contributed by atoms with Crippen molar-refractivity contribution in [2.45, 2.75) is 38.2 Å². The fourth-order valence-electron chi connectivity index (χ4n) is 3.47. The molecule has 0 unspecified atom stereocenters. The molecular formula is C21H24N4O2. The van der Waals surface area contributed by atoms with Crippen molar-refractivity contribution in [3.05, 3.63) is 60.1 Å². The number of hydrogen-bond acceptors (Lipinski definition) is 6. The van der Waals surface area contributed by atoms with Crippen LogP contribution in [-0.2, 0) is 12.0 Å². The van der Waals surface area contributed by atoms with Gasteiger partial charge in [-0.1, -0.05) is 35.5 Å². The van der Waals surface area contributed by atoms with E-state index in [4.69, 9.17) is 4.52 Å². The molecule has 1 saturated heterocycles. The summed E-state index contributed by atoms with van der Waals surface area (Å²) >= 11 is 0. The Kier molecular flexibility index (Phi) is 4.90. The number of benzene rings is 1. The summed E-state index contributed by atoms with van der Waals surface area (Å²) in [5.74, 6) is 1.89. The lowest BCUT2D eigenvalue weighted by atomic mass is 9.93. The molecule has 1 N–H and O–H groups in total. The molecule has 1 atom stereocenters. The van der Waals surface area contributed by atoms with E-state index in [2.05, 4.69) is 20.0 Å². The molecule has 0 aliphatic carbocycles. The van der Waals surface area contributed by atoms with Gasteiger partial charge in [-0.05, 0) is 43.9 Å². The van der Waals surface area contributed by atoms with Crippen LogP contribution in [0.1, 0.15) is 37.6 Å². The zero-order valence-electron chi connectivity index (χ0n) is 15.5. The van der Waals surface area contributed by atoms with Gasteiger partial charge in [0, 0.05) is 24.8 Å². The number of piperidine rings is 1. The van der Waals surface area contributed by atoms with E-state index in [-0.39, 0.29) is 6.42 Å². The van der Waals surface area contributed by atoms with Crippen molar-refractivity contribution >= 4 is 5.82 Å². The van der Waals surface area contributed by atoms with Crippen LogP contribution in [-0.4, -0.2) is 33.3 Å². The largest absolute Gasteiger partial charge is 0.385 e. The average Bonchev–Trinajstić information content (AvgIpc) is 3.17. The highest BCUT2D eigenvalue weighted by molar-refractivity contribution is 5.56. The van der Waals surface area contributed by atoms with Crippen LogP contribution in [0, 0.1) is 0 Å².